The summed E-state index contributed by atoms with van der Waals surface area (Å²) in [5.74, 6) is 0. The fourth-order valence-electron chi connectivity index (χ4n) is 0.293. The predicted molar refractivity (Wildman–Crippen MR) is 29.6 cm³/mol. The van der Waals surface area contributed by atoms with E-state index in [9.17, 15) is 4.57 Å². The zero-order valence-electron chi connectivity index (χ0n) is 4.74. The molecule has 0 aliphatic heterocycles. The molecule has 0 saturated carbocycles. The monoisotopic (exact) mass is 179 g/mol. The average molecular weight is 180 g/mol. The molecule has 0 aromatic carbocycles. The smallest absolute Gasteiger partial charge is 0.161 e. The molecule has 0 amide bonds. The van der Waals surface area contributed by atoms with Crippen molar-refractivity contribution in [3.63, 3.8) is 0 Å². The Kier molecular flexibility index (Phi) is 10.7. The van der Waals surface area contributed by atoms with Crippen LogP contribution >= 0.6 is 8.03 Å². The van der Waals surface area contributed by atoms with Gasteiger partial charge in [-0.25, -0.2) is 0 Å². The molecule has 0 aliphatic carbocycles. The van der Waals surface area contributed by atoms with E-state index in [1.165, 1.54) is 0 Å². The molecule has 0 radical (unpaired) electrons. The minimum Gasteiger partial charge on any atom is -0.161 e. The van der Waals surface area contributed by atoms with E-state index < -0.39 is 8.03 Å². The molecule has 2 nitrogen and oxygen atoms in total. The van der Waals surface area contributed by atoms with Crippen LogP contribution in [-0.2, 0) is 21.1 Å². The summed E-state index contributed by atoms with van der Waals surface area (Å²) < 4.78 is 9.91. The van der Waals surface area contributed by atoms with Crippen LogP contribution in [0.4, 0.5) is 0 Å². The Balaban J connectivity index is 0. The van der Waals surface area contributed by atoms with Gasteiger partial charge in [-0.15, -0.1) is 0 Å². The van der Waals surface area contributed by atoms with Gasteiger partial charge in [0, 0.05) is 16.5 Å². The van der Waals surface area contributed by atoms with Gasteiger partial charge in [0.05, 0.1) is 0 Å². The Hall–Kier alpha value is 0.554. The Labute approximate surface area is 60.5 Å². The first-order valence-corrected chi connectivity index (χ1v) is 3.80. The summed E-state index contributed by atoms with van der Waals surface area (Å²) in [4.78, 5) is 8.19. The first-order valence-electron chi connectivity index (χ1n) is 2.41. The minimum absolute atomic E-state index is 0. The summed E-state index contributed by atoms with van der Waals surface area (Å²) in [6.07, 6.45) is 2.33. The van der Waals surface area contributed by atoms with Gasteiger partial charge in [0.25, 0.3) is 0 Å². The summed E-state index contributed by atoms with van der Waals surface area (Å²) >= 11 is 0. The van der Waals surface area contributed by atoms with Crippen molar-refractivity contribution in [1.29, 1.82) is 0 Å². The standard InChI is InChI=1S/C4H9O2P.Ni/c1-2-3-4-7(5)6;/h2-4H2,1H3;/p+1. The molecule has 0 fully saturated rings. The maximum atomic E-state index is 9.91. The van der Waals surface area contributed by atoms with Gasteiger partial charge in [-0.1, -0.05) is 13.3 Å². The van der Waals surface area contributed by atoms with E-state index in [0.29, 0.717) is 6.16 Å². The molecule has 1 atom stereocenters. The number of hydrogen-bond acceptors (Lipinski definition) is 1. The molecular formula is C4H10NiO2P+. The van der Waals surface area contributed by atoms with E-state index in [4.69, 9.17) is 4.89 Å². The molecule has 8 heavy (non-hydrogen) atoms. The summed E-state index contributed by atoms with van der Waals surface area (Å²) in [5.41, 5.74) is 0. The Morgan fingerprint density at radius 1 is 1.62 bits per heavy atom. The number of rotatable bonds is 3. The van der Waals surface area contributed by atoms with Crippen molar-refractivity contribution in [3.8, 4) is 0 Å². The second kappa shape index (κ2) is 7.55. The molecule has 0 spiro atoms. The molecule has 0 heterocycles. The van der Waals surface area contributed by atoms with E-state index in [0.717, 1.165) is 12.8 Å². The van der Waals surface area contributed by atoms with E-state index in [-0.39, 0.29) is 16.5 Å². The molecule has 0 aromatic rings. The fraction of sp³-hybridized carbons (Fsp3) is 1.00. The Morgan fingerprint density at radius 3 is 2.25 bits per heavy atom. The van der Waals surface area contributed by atoms with Crippen LogP contribution in [-0.4, -0.2) is 11.1 Å². The van der Waals surface area contributed by atoms with Crippen molar-refractivity contribution in [2.75, 3.05) is 6.16 Å². The third-order valence-corrected chi connectivity index (χ3v) is 1.40. The van der Waals surface area contributed by atoms with Crippen LogP contribution in [0, 0.1) is 0 Å². The summed E-state index contributed by atoms with van der Waals surface area (Å²) in [6, 6.07) is 0. The van der Waals surface area contributed by atoms with Gasteiger partial charge in [-0.05, 0) is 11.0 Å². The van der Waals surface area contributed by atoms with Gasteiger partial charge >= 0.3 is 8.03 Å². The minimum atomic E-state index is -1.86. The second-order valence-electron chi connectivity index (χ2n) is 1.43. The van der Waals surface area contributed by atoms with Gasteiger partial charge in [-0.3, -0.25) is 0 Å². The SMILES string of the molecule is CCCC[P+](=O)O.[Ni]. The van der Waals surface area contributed by atoms with E-state index in [2.05, 4.69) is 0 Å². The normalized spacial score (nSPS) is 10.0. The number of hydrogen-bond donors (Lipinski definition) is 1. The quantitative estimate of drug-likeness (QED) is 0.527. The molecule has 0 aliphatic rings. The van der Waals surface area contributed by atoms with Crippen molar-refractivity contribution < 1.29 is 25.9 Å². The third kappa shape index (κ3) is 9.75. The van der Waals surface area contributed by atoms with Crippen molar-refractivity contribution in [3.05, 3.63) is 0 Å². The fourth-order valence-corrected chi connectivity index (χ4v) is 0.880. The zero-order chi connectivity index (χ0) is 5.70. The van der Waals surface area contributed by atoms with Gasteiger partial charge < -0.3 is 0 Å². The molecule has 0 saturated heterocycles. The summed E-state index contributed by atoms with van der Waals surface area (Å²) in [5, 5.41) is 0. The molecule has 0 bridgehead atoms. The zero-order valence-corrected chi connectivity index (χ0v) is 6.62. The Bertz CT molecular complexity index is 67.1. The van der Waals surface area contributed by atoms with Gasteiger partial charge in [0.2, 0.25) is 0 Å². The van der Waals surface area contributed by atoms with E-state index in [1.807, 2.05) is 6.92 Å². The summed E-state index contributed by atoms with van der Waals surface area (Å²) in [7, 11) is -1.86. The molecule has 1 N–H and O–H groups in total. The Morgan fingerprint density at radius 2 is 2.12 bits per heavy atom. The van der Waals surface area contributed by atoms with E-state index in [1.54, 1.807) is 0 Å². The molecule has 0 rings (SSSR count). The van der Waals surface area contributed by atoms with E-state index >= 15 is 0 Å². The van der Waals surface area contributed by atoms with Crippen LogP contribution in [0.1, 0.15) is 19.8 Å². The van der Waals surface area contributed by atoms with Gasteiger partial charge in [0.15, 0.2) is 6.16 Å². The van der Waals surface area contributed by atoms with Crippen molar-refractivity contribution in [2.45, 2.75) is 19.8 Å². The largest absolute Gasteiger partial charge is 0.505 e. The summed E-state index contributed by atoms with van der Waals surface area (Å²) in [6.45, 7) is 2.00. The van der Waals surface area contributed by atoms with Gasteiger partial charge in [-0.2, -0.15) is 4.89 Å². The van der Waals surface area contributed by atoms with Gasteiger partial charge in [0.1, 0.15) is 0 Å². The van der Waals surface area contributed by atoms with Crippen LogP contribution in [0.3, 0.4) is 0 Å². The maximum absolute atomic E-state index is 9.91. The molecule has 1 unspecified atom stereocenters. The van der Waals surface area contributed by atoms with Crippen molar-refractivity contribution >= 4 is 8.03 Å². The van der Waals surface area contributed by atoms with Crippen LogP contribution in [0.2, 0.25) is 0 Å². The van der Waals surface area contributed by atoms with Crippen LogP contribution in [0.15, 0.2) is 0 Å². The first kappa shape index (κ1) is 11.4. The topological polar surface area (TPSA) is 37.3 Å². The maximum Gasteiger partial charge on any atom is 0.505 e. The number of unbranched alkanes of at least 4 members (excludes halogenated alkanes) is 1. The average Bonchev–Trinajstić information content (AvgIpc) is 1.61. The van der Waals surface area contributed by atoms with Crippen molar-refractivity contribution in [1.82, 2.24) is 0 Å². The third-order valence-electron chi connectivity index (χ3n) is 0.703. The van der Waals surface area contributed by atoms with Crippen molar-refractivity contribution in [2.24, 2.45) is 0 Å². The second-order valence-corrected chi connectivity index (χ2v) is 2.58. The van der Waals surface area contributed by atoms with Crippen LogP contribution in [0.5, 0.6) is 0 Å². The predicted octanol–water partition coefficient (Wildman–Crippen LogP) is 1.52. The van der Waals surface area contributed by atoms with Crippen LogP contribution < -0.4 is 0 Å². The molecule has 52 valence electrons. The van der Waals surface area contributed by atoms with Crippen LogP contribution in [0.25, 0.3) is 0 Å². The molecule has 0 aromatic heterocycles. The first-order chi connectivity index (χ1) is 3.27. The molecule has 4 heteroatoms. The molecular weight excluding hydrogens is 170 g/mol.